The molecule has 4 nitrogen and oxygen atoms in total. The summed E-state index contributed by atoms with van der Waals surface area (Å²) in [4.78, 5) is 0. The number of methoxy groups -OCH3 is 1. The molecule has 2 unspecified atom stereocenters. The van der Waals surface area contributed by atoms with Gasteiger partial charge in [-0.25, -0.2) is 0 Å². The Hall–Kier alpha value is -0.870. The molecule has 0 bridgehead atoms. The van der Waals surface area contributed by atoms with Gasteiger partial charge in [0.25, 0.3) is 0 Å². The van der Waals surface area contributed by atoms with Crippen molar-refractivity contribution in [3.8, 4) is 0 Å². The molecule has 2 atom stereocenters. The molecule has 0 aliphatic heterocycles. The van der Waals surface area contributed by atoms with E-state index in [0.717, 1.165) is 38.0 Å². The second-order valence-electron chi connectivity index (χ2n) is 4.86. The van der Waals surface area contributed by atoms with Crippen molar-refractivity contribution in [1.82, 2.24) is 15.1 Å². The molecule has 0 radical (unpaired) electrons. The molecule has 1 saturated carbocycles. The number of hydrogen-bond acceptors (Lipinski definition) is 3. The summed E-state index contributed by atoms with van der Waals surface area (Å²) in [5.41, 5.74) is 2.74. The number of hydrogen-bond donors (Lipinski definition) is 1. The third kappa shape index (κ3) is 3.07. The Morgan fingerprint density at radius 2 is 2.41 bits per heavy atom. The molecule has 4 heteroatoms. The first-order chi connectivity index (χ1) is 8.26. The minimum absolute atomic E-state index is 0.730. The van der Waals surface area contributed by atoms with E-state index in [1.165, 1.54) is 17.7 Å². The van der Waals surface area contributed by atoms with E-state index in [0.29, 0.717) is 0 Å². The highest BCUT2D eigenvalue weighted by molar-refractivity contribution is 5.28. The van der Waals surface area contributed by atoms with Crippen molar-refractivity contribution in [2.24, 2.45) is 13.0 Å². The first-order valence-corrected chi connectivity index (χ1v) is 6.48. The molecule has 0 spiro atoms. The van der Waals surface area contributed by atoms with Gasteiger partial charge in [-0.15, -0.1) is 0 Å². The Labute approximate surface area is 103 Å². The molecule has 1 aromatic heterocycles. The summed E-state index contributed by atoms with van der Waals surface area (Å²) >= 11 is 0. The van der Waals surface area contributed by atoms with Crippen molar-refractivity contribution in [2.75, 3.05) is 26.8 Å². The van der Waals surface area contributed by atoms with Crippen LogP contribution >= 0.6 is 0 Å². The maximum Gasteiger partial charge on any atom is 0.0656 e. The van der Waals surface area contributed by atoms with E-state index < -0.39 is 0 Å². The van der Waals surface area contributed by atoms with Crippen LogP contribution in [-0.2, 0) is 18.2 Å². The predicted octanol–water partition coefficient (Wildman–Crippen LogP) is 1.32. The zero-order chi connectivity index (χ0) is 12.3. The fraction of sp³-hybridized carbons (Fsp3) is 0.769. The van der Waals surface area contributed by atoms with Crippen molar-refractivity contribution in [3.63, 3.8) is 0 Å². The van der Waals surface area contributed by atoms with E-state index in [4.69, 9.17) is 4.74 Å². The van der Waals surface area contributed by atoms with Crippen LogP contribution in [0.15, 0.2) is 6.20 Å². The Bertz CT molecular complexity index is 362. The molecule has 96 valence electrons. The van der Waals surface area contributed by atoms with Crippen LogP contribution in [0, 0.1) is 5.92 Å². The Balaban J connectivity index is 1.81. The van der Waals surface area contributed by atoms with Crippen molar-refractivity contribution in [1.29, 1.82) is 0 Å². The molecule has 1 N–H and O–H groups in total. The normalized spacial score (nSPS) is 23.0. The number of ether oxygens (including phenoxy) is 1. The SMILES string of the molecule is CCc1nn(C)cc1C1CC1CNCCOC. The first kappa shape index (κ1) is 12.6. The standard InChI is InChI=1S/C13H23N3O/c1-4-13-12(9-16(2)15-13)11-7-10(11)8-14-5-6-17-3/h9-11,14H,4-8H2,1-3H3. The second kappa shape index (κ2) is 5.65. The largest absolute Gasteiger partial charge is 0.383 e. The van der Waals surface area contributed by atoms with Crippen molar-refractivity contribution >= 4 is 0 Å². The highest BCUT2D eigenvalue weighted by Gasteiger charge is 2.39. The van der Waals surface area contributed by atoms with E-state index in [2.05, 4.69) is 23.5 Å². The van der Waals surface area contributed by atoms with Gasteiger partial charge < -0.3 is 10.1 Å². The molecule has 1 aromatic rings. The maximum absolute atomic E-state index is 5.02. The summed E-state index contributed by atoms with van der Waals surface area (Å²) in [6, 6.07) is 0. The predicted molar refractivity (Wildman–Crippen MR) is 68.2 cm³/mol. The molecule has 1 fully saturated rings. The summed E-state index contributed by atoms with van der Waals surface area (Å²) in [7, 11) is 3.75. The van der Waals surface area contributed by atoms with Gasteiger partial charge in [-0.3, -0.25) is 4.68 Å². The average molecular weight is 237 g/mol. The van der Waals surface area contributed by atoms with Gasteiger partial charge in [0.15, 0.2) is 0 Å². The zero-order valence-electron chi connectivity index (χ0n) is 11.1. The van der Waals surface area contributed by atoms with Crippen molar-refractivity contribution in [3.05, 3.63) is 17.5 Å². The van der Waals surface area contributed by atoms with Crippen LogP contribution in [0.1, 0.15) is 30.5 Å². The highest BCUT2D eigenvalue weighted by Crippen LogP contribution is 2.47. The van der Waals surface area contributed by atoms with Gasteiger partial charge in [0.1, 0.15) is 0 Å². The summed E-state index contributed by atoms with van der Waals surface area (Å²) in [5, 5.41) is 7.95. The molecule has 2 rings (SSSR count). The number of nitrogens with one attached hydrogen (secondary N) is 1. The number of rotatable bonds is 7. The Morgan fingerprint density at radius 1 is 1.59 bits per heavy atom. The van der Waals surface area contributed by atoms with Gasteiger partial charge in [0.2, 0.25) is 0 Å². The lowest BCUT2D eigenvalue weighted by molar-refractivity contribution is 0.199. The lowest BCUT2D eigenvalue weighted by Crippen LogP contribution is -2.21. The zero-order valence-corrected chi connectivity index (χ0v) is 11.1. The van der Waals surface area contributed by atoms with Crippen LogP contribution in [0.25, 0.3) is 0 Å². The lowest BCUT2D eigenvalue weighted by Gasteiger charge is -2.03. The monoisotopic (exact) mass is 237 g/mol. The number of nitrogens with zero attached hydrogens (tertiary/aromatic N) is 2. The average Bonchev–Trinajstić information content (AvgIpc) is 2.99. The van der Waals surface area contributed by atoms with Gasteiger partial charge in [0, 0.05) is 26.9 Å². The van der Waals surface area contributed by atoms with Crippen molar-refractivity contribution in [2.45, 2.75) is 25.7 Å². The first-order valence-electron chi connectivity index (χ1n) is 6.48. The van der Waals surface area contributed by atoms with Gasteiger partial charge in [0.05, 0.1) is 12.3 Å². The number of aryl methyl sites for hydroxylation is 2. The van der Waals surface area contributed by atoms with Gasteiger partial charge in [-0.05, 0) is 36.8 Å². The highest BCUT2D eigenvalue weighted by atomic mass is 16.5. The van der Waals surface area contributed by atoms with Gasteiger partial charge in [-0.1, -0.05) is 6.92 Å². The third-order valence-electron chi connectivity index (χ3n) is 3.48. The molecule has 0 saturated heterocycles. The van der Waals surface area contributed by atoms with E-state index in [1.807, 2.05) is 11.7 Å². The van der Waals surface area contributed by atoms with E-state index >= 15 is 0 Å². The van der Waals surface area contributed by atoms with E-state index in [1.54, 1.807) is 7.11 Å². The Kier molecular flexibility index (Phi) is 4.18. The molecule has 1 aliphatic rings. The molecule has 0 aromatic carbocycles. The van der Waals surface area contributed by atoms with Crippen LogP contribution in [0.3, 0.4) is 0 Å². The van der Waals surface area contributed by atoms with Crippen LogP contribution in [0.2, 0.25) is 0 Å². The van der Waals surface area contributed by atoms with Gasteiger partial charge in [-0.2, -0.15) is 5.10 Å². The van der Waals surface area contributed by atoms with Crippen LogP contribution < -0.4 is 5.32 Å². The summed E-state index contributed by atoms with van der Waals surface area (Å²) < 4.78 is 6.97. The summed E-state index contributed by atoms with van der Waals surface area (Å²) in [6.07, 6.45) is 4.54. The van der Waals surface area contributed by atoms with Crippen molar-refractivity contribution < 1.29 is 4.74 Å². The lowest BCUT2D eigenvalue weighted by atomic mass is 10.1. The summed E-state index contributed by atoms with van der Waals surface area (Å²) in [5.74, 6) is 1.52. The Morgan fingerprint density at radius 3 is 3.12 bits per heavy atom. The molecule has 0 amide bonds. The third-order valence-corrected chi connectivity index (χ3v) is 3.48. The molecular weight excluding hydrogens is 214 g/mol. The van der Waals surface area contributed by atoms with Crippen LogP contribution in [-0.4, -0.2) is 36.6 Å². The van der Waals surface area contributed by atoms with Crippen LogP contribution in [0.4, 0.5) is 0 Å². The second-order valence-corrected chi connectivity index (χ2v) is 4.86. The smallest absolute Gasteiger partial charge is 0.0656 e. The molecule has 17 heavy (non-hydrogen) atoms. The van der Waals surface area contributed by atoms with Crippen LogP contribution in [0.5, 0.6) is 0 Å². The van der Waals surface area contributed by atoms with E-state index in [-0.39, 0.29) is 0 Å². The molecule has 1 aliphatic carbocycles. The molecular formula is C13H23N3O. The molecule has 1 heterocycles. The van der Waals surface area contributed by atoms with E-state index in [9.17, 15) is 0 Å². The quantitative estimate of drug-likeness (QED) is 0.727. The summed E-state index contributed by atoms with van der Waals surface area (Å²) in [6.45, 7) is 5.03. The number of aromatic nitrogens is 2. The van der Waals surface area contributed by atoms with Gasteiger partial charge >= 0.3 is 0 Å². The topological polar surface area (TPSA) is 39.1 Å². The fourth-order valence-electron chi connectivity index (χ4n) is 2.45. The minimum Gasteiger partial charge on any atom is -0.383 e. The minimum atomic E-state index is 0.730. The fourth-order valence-corrected chi connectivity index (χ4v) is 2.45. The maximum atomic E-state index is 5.02.